The van der Waals surface area contributed by atoms with Crippen LogP contribution in [0, 0.1) is 5.92 Å². The van der Waals surface area contributed by atoms with Gasteiger partial charge in [0.1, 0.15) is 5.75 Å². The largest absolute Gasteiger partial charge is 0.482 e. The number of amides is 1. The van der Waals surface area contributed by atoms with E-state index in [0.29, 0.717) is 30.1 Å². The topological polar surface area (TPSA) is 102 Å². The number of para-hydroxylation sites is 1. The number of nitrogens with zero attached hydrogens (tertiary/aromatic N) is 1. The Morgan fingerprint density at radius 3 is 2.50 bits per heavy atom. The third-order valence-electron chi connectivity index (χ3n) is 5.39. The van der Waals surface area contributed by atoms with Crippen LogP contribution in [0.5, 0.6) is 5.75 Å². The average Bonchev–Trinajstić information content (AvgIpc) is 3.43. The molecule has 1 amide bonds. The summed E-state index contributed by atoms with van der Waals surface area (Å²) in [4.78, 5) is 24.3. The molecule has 2 atom stereocenters. The van der Waals surface area contributed by atoms with Gasteiger partial charge in [0.15, 0.2) is 11.4 Å². The first-order valence-electron chi connectivity index (χ1n) is 9.66. The summed E-state index contributed by atoms with van der Waals surface area (Å²) in [5, 5.41) is 2.71. The molecule has 30 heavy (non-hydrogen) atoms. The quantitative estimate of drug-likeness (QED) is 0.676. The predicted octanol–water partition coefficient (Wildman–Crippen LogP) is 2.18. The minimum Gasteiger partial charge on any atom is -0.482 e. The highest BCUT2D eigenvalue weighted by Gasteiger charge is 2.75. The van der Waals surface area contributed by atoms with Crippen LogP contribution in [-0.4, -0.2) is 44.8 Å². The number of hydrogen-bond acceptors (Lipinski definition) is 6. The van der Waals surface area contributed by atoms with E-state index in [2.05, 4.69) is 5.32 Å². The third kappa shape index (κ3) is 3.39. The van der Waals surface area contributed by atoms with Crippen LogP contribution in [0.2, 0.25) is 0 Å². The van der Waals surface area contributed by atoms with Crippen molar-refractivity contribution in [2.24, 2.45) is 5.92 Å². The smallest absolute Gasteiger partial charge is 0.344 e. The van der Waals surface area contributed by atoms with Crippen LogP contribution >= 0.6 is 0 Å². The Hall–Kier alpha value is -3.07. The zero-order valence-electron chi connectivity index (χ0n) is 16.4. The molecule has 4 rings (SSSR count). The lowest BCUT2D eigenvalue weighted by Gasteiger charge is -2.22. The van der Waals surface area contributed by atoms with Gasteiger partial charge < -0.3 is 14.8 Å². The fraction of sp³-hybridized carbons (Fsp3) is 0.333. The molecule has 1 saturated carbocycles. The van der Waals surface area contributed by atoms with Crippen molar-refractivity contribution in [1.29, 1.82) is 0 Å². The van der Waals surface area contributed by atoms with Gasteiger partial charge in [-0.25, -0.2) is 13.2 Å². The molecule has 2 aliphatic rings. The maximum atomic E-state index is 13.1. The Kier molecular flexibility index (Phi) is 5.15. The van der Waals surface area contributed by atoms with Gasteiger partial charge >= 0.3 is 5.97 Å². The summed E-state index contributed by atoms with van der Waals surface area (Å²) in [5.74, 6) is -0.781. The number of fused-ring (bicyclic) bond motifs is 1. The Bertz CT molecular complexity index is 1050. The van der Waals surface area contributed by atoms with Crippen LogP contribution in [0.3, 0.4) is 0 Å². The van der Waals surface area contributed by atoms with E-state index in [9.17, 15) is 18.0 Å². The van der Waals surface area contributed by atoms with Gasteiger partial charge in [-0.15, -0.1) is 0 Å². The van der Waals surface area contributed by atoms with Crippen molar-refractivity contribution < 1.29 is 27.5 Å². The van der Waals surface area contributed by atoms with Crippen LogP contribution in [0.4, 0.5) is 11.4 Å². The van der Waals surface area contributed by atoms with Crippen LogP contribution in [-0.2, 0) is 24.3 Å². The zero-order chi connectivity index (χ0) is 21.4. The van der Waals surface area contributed by atoms with Crippen molar-refractivity contribution in [3.63, 3.8) is 0 Å². The molecule has 2 fully saturated rings. The molecule has 0 radical (unpaired) electrons. The molecule has 1 aliphatic heterocycles. The SMILES string of the molecule is CCOC(=O)COc1ccc(NC(=O)[C@@]23C[C@@H]2CN(c2ccccc2)S3(=O)=O)cc1. The van der Waals surface area contributed by atoms with Crippen molar-refractivity contribution >= 4 is 33.3 Å². The first-order chi connectivity index (χ1) is 14.4. The normalized spacial score (nSPS) is 23.4. The van der Waals surface area contributed by atoms with E-state index >= 15 is 0 Å². The number of carbonyl (C=O) groups is 2. The molecule has 8 nitrogen and oxygen atoms in total. The van der Waals surface area contributed by atoms with E-state index < -0.39 is 26.6 Å². The van der Waals surface area contributed by atoms with Gasteiger partial charge in [0.25, 0.3) is 0 Å². The number of anilines is 2. The molecule has 158 valence electrons. The molecule has 1 heterocycles. The molecule has 2 aromatic carbocycles. The highest BCUT2D eigenvalue weighted by atomic mass is 32.2. The minimum absolute atomic E-state index is 0.210. The third-order valence-corrected chi connectivity index (χ3v) is 7.93. The lowest BCUT2D eigenvalue weighted by molar-refractivity contribution is -0.145. The van der Waals surface area contributed by atoms with Crippen molar-refractivity contribution in [3.8, 4) is 5.75 Å². The van der Waals surface area contributed by atoms with E-state index in [1.807, 2.05) is 6.07 Å². The van der Waals surface area contributed by atoms with Crippen LogP contribution in [0.1, 0.15) is 13.3 Å². The van der Waals surface area contributed by atoms with Gasteiger partial charge in [-0.1, -0.05) is 18.2 Å². The first-order valence-corrected chi connectivity index (χ1v) is 11.1. The van der Waals surface area contributed by atoms with Crippen LogP contribution < -0.4 is 14.4 Å². The van der Waals surface area contributed by atoms with Gasteiger partial charge in [-0.3, -0.25) is 9.10 Å². The summed E-state index contributed by atoms with van der Waals surface area (Å²) < 4.78 is 36.3. The molecule has 0 aromatic heterocycles. The molecule has 2 aromatic rings. The Morgan fingerprint density at radius 2 is 1.83 bits per heavy atom. The number of esters is 1. The van der Waals surface area contributed by atoms with Crippen molar-refractivity contribution in [2.75, 3.05) is 29.4 Å². The molecule has 1 aliphatic carbocycles. The second-order valence-electron chi connectivity index (χ2n) is 7.23. The monoisotopic (exact) mass is 430 g/mol. The molecule has 1 N–H and O–H groups in total. The number of ether oxygens (including phenoxy) is 2. The van der Waals surface area contributed by atoms with Crippen molar-refractivity contribution in [3.05, 3.63) is 54.6 Å². The van der Waals surface area contributed by atoms with Crippen molar-refractivity contribution in [2.45, 2.75) is 18.1 Å². The van der Waals surface area contributed by atoms with Gasteiger partial charge in [-0.2, -0.15) is 0 Å². The van der Waals surface area contributed by atoms with Gasteiger partial charge in [0, 0.05) is 18.2 Å². The second kappa shape index (κ2) is 7.64. The van der Waals surface area contributed by atoms with Gasteiger partial charge in [0.2, 0.25) is 15.9 Å². The van der Waals surface area contributed by atoms with E-state index in [4.69, 9.17) is 9.47 Å². The maximum absolute atomic E-state index is 13.1. The number of nitrogens with one attached hydrogen (secondary N) is 1. The Balaban J connectivity index is 1.43. The lowest BCUT2D eigenvalue weighted by atomic mass is 10.2. The van der Waals surface area contributed by atoms with E-state index in [1.54, 1.807) is 55.5 Å². The maximum Gasteiger partial charge on any atom is 0.344 e. The van der Waals surface area contributed by atoms with Crippen LogP contribution in [0.25, 0.3) is 0 Å². The van der Waals surface area contributed by atoms with E-state index in [0.717, 1.165) is 0 Å². The highest BCUT2D eigenvalue weighted by Crippen LogP contribution is 2.58. The minimum atomic E-state index is -3.81. The second-order valence-corrected chi connectivity index (χ2v) is 9.35. The molecular formula is C21H22N2O6S. The van der Waals surface area contributed by atoms with Gasteiger partial charge in [-0.05, 0) is 49.7 Å². The number of rotatable bonds is 7. The molecular weight excluding hydrogens is 408 g/mol. The summed E-state index contributed by atoms with van der Waals surface area (Å²) in [6.45, 7) is 2.09. The zero-order valence-corrected chi connectivity index (χ0v) is 17.2. The fourth-order valence-corrected chi connectivity index (χ4v) is 6.14. The molecule has 1 saturated heterocycles. The molecule has 0 bridgehead atoms. The Morgan fingerprint density at radius 1 is 1.13 bits per heavy atom. The number of sulfonamides is 1. The summed E-state index contributed by atoms with van der Waals surface area (Å²) in [7, 11) is -3.81. The van der Waals surface area contributed by atoms with Gasteiger partial charge in [0.05, 0.1) is 12.3 Å². The first kappa shape index (κ1) is 20.2. The summed E-state index contributed by atoms with van der Waals surface area (Å²) in [6, 6.07) is 15.2. The average molecular weight is 430 g/mol. The number of carbonyl (C=O) groups excluding carboxylic acids is 2. The predicted molar refractivity (Wildman–Crippen MR) is 111 cm³/mol. The Labute approximate surface area is 174 Å². The number of benzene rings is 2. The fourth-order valence-electron chi connectivity index (χ4n) is 3.78. The van der Waals surface area contributed by atoms with E-state index in [-0.39, 0.29) is 19.1 Å². The molecule has 0 unspecified atom stereocenters. The van der Waals surface area contributed by atoms with Crippen molar-refractivity contribution in [1.82, 2.24) is 0 Å². The lowest BCUT2D eigenvalue weighted by Crippen LogP contribution is -2.42. The summed E-state index contributed by atoms with van der Waals surface area (Å²) >= 11 is 0. The van der Waals surface area contributed by atoms with Crippen LogP contribution in [0.15, 0.2) is 54.6 Å². The molecule has 0 spiro atoms. The number of hydrogen-bond donors (Lipinski definition) is 1. The van der Waals surface area contributed by atoms with E-state index in [1.165, 1.54) is 4.31 Å². The highest BCUT2D eigenvalue weighted by molar-refractivity contribution is 7.95. The standard InChI is InChI=1S/C21H22N2O6S/c1-2-28-19(24)14-29-18-10-8-16(9-11-18)22-20(25)21-12-15(21)13-23(30(21,26)27)17-6-4-3-5-7-17/h3-11,15H,2,12-14H2,1H3,(H,22,25)/t15-,21-/m1/s1. The molecule has 9 heteroatoms. The summed E-state index contributed by atoms with van der Waals surface area (Å²) in [6.07, 6.45) is 0.325. The summed E-state index contributed by atoms with van der Waals surface area (Å²) in [5.41, 5.74) is 1.02.